The molecule has 25 heavy (non-hydrogen) atoms. The van der Waals surface area contributed by atoms with Crippen molar-refractivity contribution < 1.29 is 9.53 Å². The van der Waals surface area contributed by atoms with Gasteiger partial charge in [-0.25, -0.2) is 4.98 Å². The molecule has 0 saturated heterocycles. The molecule has 1 aliphatic rings. The van der Waals surface area contributed by atoms with Crippen LogP contribution < -0.4 is 4.90 Å². The van der Waals surface area contributed by atoms with E-state index in [-0.39, 0.29) is 12.0 Å². The summed E-state index contributed by atoms with van der Waals surface area (Å²) in [6, 6.07) is 12.2. The number of nitrogens with zero attached hydrogens (tertiary/aromatic N) is 2. The maximum Gasteiger partial charge on any atom is 0.232 e. The lowest BCUT2D eigenvalue weighted by Gasteiger charge is -2.26. The van der Waals surface area contributed by atoms with Gasteiger partial charge in [0.05, 0.1) is 19.6 Å². The molecule has 128 valence electrons. The molecule has 0 N–H and O–H groups in total. The fraction of sp³-hybridized carbons (Fsp3) is 0.263. The zero-order chi connectivity index (χ0) is 17.1. The van der Waals surface area contributed by atoms with Crippen LogP contribution in [-0.4, -0.2) is 17.5 Å². The van der Waals surface area contributed by atoms with Crippen LogP contribution >= 0.6 is 22.7 Å². The van der Waals surface area contributed by atoms with Crippen LogP contribution in [0.2, 0.25) is 0 Å². The van der Waals surface area contributed by atoms with Crippen LogP contribution in [0.25, 0.3) is 0 Å². The van der Waals surface area contributed by atoms with Crippen LogP contribution in [0.4, 0.5) is 5.13 Å². The zero-order valence-corrected chi connectivity index (χ0v) is 15.3. The molecule has 1 unspecified atom stereocenters. The minimum absolute atomic E-state index is 0.0463. The van der Waals surface area contributed by atoms with E-state index in [4.69, 9.17) is 4.74 Å². The first-order chi connectivity index (χ1) is 12.3. The van der Waals surface area contributed by atoms with Crippen molar-refractivity contribution in [3.8, 4) is 0 Å². The predicted octanol–water partition coefficient (Wildman–Crippen LogP) is 4.44. The van der Waals surface area contributed by atoms with Gasteiger partial charge in [0.2, 0.25) is 5.91 Å². The number of hydrogen-bond acceptors (Lipinski definition) is 5. The van der Waals surface area contributed by atoms with Crippen LogP contribution in [0.1, 0.15) is 28.5 Å². The summed E-state index contributed by atoms with van der Waals surface area (Å²) in [5.74, 6) is 0.0463. The van der Waals surface area contributed by atoms with Crippen molar-refractivity contribution in [1.29, 1.82) is 0 Å². The second-order valence-corrected chi connectivity index (χ2v) is 7.72. The lowest BCUT2D eigenvalue weighted by Crippen LogP contribution is -2.32. The van der Waals surface area contributed by atoms with Gasteiger partial charge in [0.25, 0.3) is 0 Å². The number of ether oxygens (including phenoxy) is 1. The van der Waals surface area contributed by atoms with Crippen molar-refractivity contribution in [3.05, 3.63) is 69.4 Å². The number of hydrogen-bond donors (Lipinski definition) is 0. The average Bonchev–Trinajstić information content (AvgIpc) is 3.32. The van der Waals surface area contributed by atoms with Crippen molar-refractivity contribution in [2.45, 2.75) is 25.5 Å². The maximum atomic E-state index is 13.1. The van der Waals surface area contributed by atoms with E-state index >= 15 is 0 Å². The number of thiazole rings is 1. The number of carbonyl (C=O) groups excluding carboxylic acids is 1. The van der Waals surface area contributed by atoms with E-state index < -0.39 is 0 Å². The highest BCUT2D eigenvalue weighted by Gasteiger charge is 2.28. The molecule has 2 aromatic heterocycles. The topological polar surface area (TPSA) is 42.4 Å². The lowest BCUT2D eigenvalue weighted by atomic mass is 10.0. The van der Waals surface area contributed by atoms with E-state index in [0.29, 0.717) is 19.6 Å². The first-order valence-electron chi connectivity index (χ1n) is 8.23. The van der Waals surface area contributed by atoms with Gasteiger partial charge < -0.3 is 4.74 Å². The molecular weight excluding hydrogens is 352 g/mol. The highest BCUT2D eigenvalue weighted by molar-refractivity contribution is 7.13. The molecule has 0 aliphatic carbocycles. The first kappa shape index (κ1) is 16.4. The van der Waals surface area contributed by atoms with Gasteiger partial charge in [-0.2, -0.15) is 0 Å². The second-order valence-electron chi connectivity index (χ2n) is 5.90. The molecule has 0 radical (unpaired) electrons. The molecule has 1 atom stereocenters. The molecule has 0 spiro atoms. The fourth-order valence-corrected chi connectivity index (χ4v) is 4.68. The largest absolute Gasteiger partial charge is 0.372 e. The Balaban J connectivity index is 1.55. The highest BCUT2D eigenvalue weighted by atomic mass is 32.1. The third-order valence-corrected chi connectivity index (χ3v) is 6.10. The summed E-state index contributed by atoms with van der Waals surface area (Å²) in [4.78, 5) is 20.4. The van der Waals surface area contributed by atoms with Gasteiger partial charge >= 0.3 is 0 Å². The van der Waals surface area contributed by atoms with Crippen LogP contribution in [0.5, 0.6) is 0 Å². The van der Waals surface area contributed by atoms with E-state index in [1.165, 1.54) is 21.8 Å². The van der Waals surface area contributed by atoms with Crippen molar-refractivity contribution >= 4 is 33.7 Å². The Labute approximate surface area is 154 Å². The number of rotatable bonds is 5. The number of aromatic nitrogens is 1. The molecule has 4 rings (SSSR count). The molecule has 1 amide bonds. The van der Waals surface area contributed by atoms with Gasteiger partial charge in [0, 0.05) is 16.5 Å². The Morgan fingerprint density at radius 3 is 2.88 bits per heavy atom. The molecule has 0 fully saturated rings. The molecule has 1 aliphatic heterocycles. The Morgan fingerprint density at radius 2 is 2.08 bits per heavy atom. The quantitative estimate of drug-likeness (QED) is 0.667. The van der Waals surface area contributed by atoms with Crippen LogP contribution in [-0.2, 0) is 22.5 Å². The summed E-state index contributed by atoms with van der Waals surface area (Å²) in [5, 5.41) is 4.71. The van der Waals surface area contributed by atoms with Gasteiger partial charge in [-0.1, -0.05) is 30.3 Å². The summed E-state index contributed by atoms with van der Waals surface area (Å²) < 4.78 is 5.90. The predicted molar refractivity (Wildman–Crippen MR) is 101 cm³/mol. The van der Waals surface area contributed by atoms with Gasteiger partial charge in [0.15, 0.2) is 5.13 Å². The van der Waals surface area contributed by atoms with Gasteiger partial charge in [0.1, 0.15) is 6.10 Å². The summed E-state index contributed by atoms with van der Waals surface area (Å²) in [6.07, 6.45) is 2.87. The number of fused-ring (bicyclic) bond motifs is 1. The van der Waals surface area contributed by atoms with E-state index in [1.54, 1.807) is 22.4 Å². The average molecular weight is 370 g/mol. The molecule has 4 nitrogen and oxygen atoms in total. The summed E-state index contributed by atoms with van der Waals surface area (Å²) in [7, 11) is 0. The lowest BCUT2D eigenvalue weighted by molar-refractivity contribution is -0.122. The monoisotopic (exact) mass is 370 g/mol. The number of thiophene rings is 1. The normalized spacial score (nSPS) is 16.4. The SMILES string of the molecule is O=C(CC1OCCc2ccsc21)N(Cc1ccccc1)c1nccs1. The minimum atomic E-state index is -0.144. The smallest absolute Gasteiger partial charge is 0.232 e. The Bertz CT molecular complexity index is 830. The van der Waals surface area contributed by atoms with E-state index in [1.807, 2.05) is 35.7 Å². The number of anilines is 1. The molecular formula is C19H18N2O2S2. The third kappa shape index (κ3) is 3.66. The Morgan fingerprint density at radius 1 is 1.20 bits per heavy atom. The minimum Gasteiger partial charge on any atom is -0.372 e. The van der Waals surface area contributed by atoms with Gasteiger partial charge in [-0.05, 0) is 29.0 Å². The van der Waals surface area contributed by atoms with E-state index in [2.05, 4.69) is 16.4 Å². The summed E-state index contributed by atoms with van der Waals surface area (Å²) in [6.45, 7) is 1.20. The molecule has 0 saturated carbocycles. The van der Waals surface area contributed by atoms with Crippen molar-refractivity contribution in [2.75, 3.05) is 11.5 Å². The third-order valence-electron chi connectivity index (χ3n) is 4.26. The maximum absolute atomic E-state index is 13.1. The van der Waals surface area contributed by atoms with Crippen molar-refractivity contribution in [2.24, 2.45) is 0 Å². The molecule has 3 heterocycles. The summed E-state index contributed by atoms with van der Waals surface area (Å²) in [5.41, 5.74) is 2.41. The fourth-order valence-electron chi connectivity index (χ4n) is 3.02. The van der Waals surface area contributed by atoms with E-state index in [9.17, 15) is 4.79 Å². The van der Waals surface area contributed by atoms with Crippen molar-refractivity contribution in [3.63, 3.8) is 0 Å². The highest BCUT2D eigenvalue weighted by Crippen LogP contribution is 2.35. The van der Waals surface area contributed by atoms with Crippen LogP contribution in [0.3, 0.4) is 0 Å². The van der Waals surface area contributed by atoms with Crippen LogP contribution in [0.15, 0.2) is 53.4 Å². The van der Waals surface area contributed by atoms with Gasteiger partial charge in [-0.15, -0.1) is 22.7 Å². The number of benzene rings is 1. The Hall–Kier alpha value is -2.02. The number of carbonyl (C=O) groups is 1. The van der Waals surface area contributed by atoms with E-state index in [0.717, 1.165) is 17.1 Å². The molecule has 1 aromatic carbocycles. The van der Waals surface area contributed by atoms with Crippen molar-refractivity contribution in [1.82, 2.24) is 4.98 Å². The first-order valence-corrected chi connectivity index (χ1v) is 9.99. The molecule has 3 aromatic rings. The second kappa shape index (κ2) is 7.47. The number of amides is 1. The Kier molecular flexibility index (Phi) is 4.92. The summed E-state index contributed by atoms with van der Waals surface area (Å²) >= 11 is 3.16. The zero-order valence-electron chi connectivity index (χ0n) is 13.6. The van der Waals surface area contributed by atoms with Crippen LogP contribution in [0, 0.1) is 0 Å². The molecule has 0 bridgehead atoms. The standard InChI is InChI=1S/C19H18N2O2S2/c22-17(12-16-18-15(6-9-23-16)7-10-24-18)21(19-20-8-11-25-19)13-14-4-2-1-3-5-14/h1-5,7-8,10-11,16H,6,9,12-13H2. The molecule has 6 heteroatoms. The van der Waals surface area contributed by atoms with Gasteiger partial charge in [-0.3, -0.25) is 9.69 Å².